The summed E-state index contributed by atoms with van der Waals surface area (Å²) in [5, 5.41) is 0. The summed E-state index contributed by atoms with van der Waals surface area (Å²) >= 11 is 0. The van der Waals surface area contributed by atoms with Crippen LogP contribution in [-0.2, 0) is 19.4 Å². The lowest BCUT2D eigenvalue weighted by Gasteiger charge is -2.29. The molecule has 0 radical (unpaired) electrons. The molecule has 1 atom stereocenters. The average Bonchev–Trinajstić information content (AvgIpc) is 2.68. The van der Waals surface area contributed by atoms with Gasteiger partial charge in [0, 0.05) is 25.7 Å². The Morgan fingerprint density at radius 2 is 1.76 bits per heavy atom. The van der Waals surface area contributed by atoms with Gasteiger partial charge in [-0.05, 0) is 26.2 Å². The number of hydrogen-bond donors (Lipinski definition) is 0. The van der Waals surface area contributed by atoms with Crippen LogP contribution in [0.15, 0.2) is 0 Å². The molecule has 2 rings (SSSR count). The maximum atomic E-state index is 12.4. The van der Waals surface area contributed by atoms with Crippen molar-refractivity contribution in [2.45, 2.75) is 45.1 Å². The zero-order chi connectivity index (χ0) is 15.5. The summed E-state index contributed by atoms with van der Waals surface area (Å²) in [5.74, 6) is -0.913. The molecule has 0 aromatic carbocycles. The first-order valence-corrected chi connectivity index (χ1v) is 9.57. The molecule has 2 heterocycles. The summed E-state index contributed by atoms with van der Waals surface area (Å²) in [7, 11) is -3.06. The van der Waals surface area contributed by atoms with Gasteiger partial charge in [-0.3, -0.25) is 9.59 Å². The molecular formula is C14H24N2O4S. The molecule has 2 aliphatic rings. The van der Waals surface area contributed by atoms with E-state index in [1.165, 1.54) is 4.90 Å². The molecule has 7 heteroatoms. The first-order chi connectivity index (χ1) is 9.94. The van der Waals surface area contributed by atoms with Crippen LogP contribution in [0.5, 0.6) is 0 Å². The lowest BCUT2D eigenvalue weighted by molar-refractivity contribution is -0.152. The zero-order valence-electron chi connectivity index (χ0n) is 12.6. The Hall–Kier alpha value is -1.11. The molecule has 2 fully saturated rings. The van der Waals surface area contributed by atoms with Gasteiger partial charge < -0.3 is 9.80 Å². The number of hydrogen-bond acceptors (Lipinski definition) is 4. The molecule has 0 spiro atoms. The lowest BCUT2D eigenvalue weighted by Crippen LogP contribution is -2.49. The monoisotopic (exact) mass is 316 g/mol. The zero-order valence-corrected chi connectivity index (χ0v) is 13.4. The molecule has 120 valence electrons. The van der Waals surface area contributed by atoms with Gasteiger partial charge in [-0.1, -0.05) is 12.8 Å². The molecule has 1 unspecified atom stereocenters. The smallest absolute Gasteiger partial charge is 0.312 e. The number of carbonyl (C=O) groups is 2. The summed E-state index contributed by atoms with van der Waals surface area (Å²) in [6.45, 7) is 3.42. The van der Waals surface area contributed by atoms with Crippen molar-refractivity contribution in [3.05, 3.63) is 0 Å². The molecule has 0 N–H and O–H groups in total. The van der Waals surface area contributed by atoms with E-state index in [2.05, 4.69) is 0 Å². The topological polar surface area (TPSA) is 74.8 Å². The number of likely N-dealkylation sites (tertiary alicyclic amines) is 1. The van der Waals surface area contributed by atoms with Crippen LogP contribution >= 0.6 is 0 Å². The quantitative estimate of drug-likeness (QED) is 0.692. The normalized spacial score (nSPS) is 25.4. The van der Waals surface area contributed by atoms with Gasteiger partial charge in [0.1, 0.15) is 0 Å². The van der Waals surface area contributed by atoms with Crippen molar-refractivity contribution in [2.24, 2.45) is 0 Å². The Labute approximate surface area is 126 Å². The van der Waals surface area contributed by atoms with Crippen LogP contribution < -0.4 is 0 Å². The van der Waals surface area contributed by atoms with Crippen molar-refractivity contribution in [2.75, 3.05) is 31.1 Å². The van der Waals surface area contributed by atoms with Gasteiger partial charge in [-0.15, -0.1) is 0 Å². The van der Waals surface area contributed by atoms with E-state index in [1.807, 2.05) is 0 Å². The fourth-order valence-electron chi connectivity index (χ4n) is 3.12. The molecule has 2 amide bonds. The largest absolute Gasteiger partial charge is 0.334 e. The van der Waals surface area contributed by atoms with E-state index in [1.54, 1.807) is 11.8 Å². The molecule has 21 heavy (non-hydrogen) atoms. The number of amides is 2. The van der Waals surface area contributed by atoms with Crippen molar-refractivity contribution in [1.29, 1.82) is 0 Å². The maximum Gasteiger partial charge on any atom is 0.312 e. The summed E-state index contributed by atoms with van der Waals surface area (Å²) in [6, 6.07) is -0.344. The average molecular weight is 316 g/mol. The van der Waals surface area contributed by atoms with Crippen LogP contribution in [0.1, 0.15) is 39.0 Å². The van der Waals surface area contributed by atoms with E-state index in [0.29, 0.717) is 26.1 Å². The van der Waals surface area contributed by atoms with E-state index in [0.717, 1.165) is 25.7 Å². The standard InChI is InChI=1S/C14H24N2O4S/c1-2-16(12-7-10-21(19,20)11-12)14(18)13(17)15-8-5-3-4-6-9-15/h12H,2-11H2,1H3. The van der Waals surface area contributed by atoms with E-state index in [-0.39, 0.29) is 17.5 Å². The number of sulfone groups is 1. The molecule has 2 saturated heterocycles. The SMILES string of the molecule is CCN(C(=O)C(=O)N1CCCCCC1)C1CCS(=O)(=O)C1. The van der Waals surface area contributed by atoms with Crippen LogP contribution in [0.4, 0.5) is 0 Å². The molecule has 0 saturated carbocycles. The number of rotatable bonds is 2. The minimum absolute atomic E-state index is 0.0140. The second-order valence-electron chi connectivity index (χ2n) is 5.85. The summed E-state index contributed by atoms with van der Waals surface area (Å²) in [5.41, 5.74) is 0. The maximum absolute atomic E-state index is 12.4. The van der Waals surface area contributed by atoms with Crippen molar-refractivity contribution in [3.8, 4) is 0 Å². The van der Waals surface area contributed by atoms with E-state index >= 15 is 0 Å². The highest BCUT2D eigenvalue weighted by molar-refractivity contribution is 7.91. The predicted molar refractivity (Wildman–Crippen MR) is 79.5 cm³/mol. The third-order valence-electron chi connectivity index (χ3n) is 4.33. The molecule has 0 aromatic rings. The first-order valence-electron chi connectivity index (χ1n) is 7.75. The second kappa shape index (κ2) is 6.77. The molecule has 0 aromatic heterocycles. The second-order valence-corrected chi connectivity index (χ2v) is 8.08. The van der Waals surface area contributed by atoms with Gasteiger partial charge in [0.2, 0.25) is 0 Å². The van der Waals surface area contributed by atoms with Gasteiger partial charge in [-0.2, -0.15) is 0 Å². The van der Waals surface area contributed by atoms with E-state index in [4.69, 9.17) is 0 Å². The third-order valence-corrected chi connectivity index (χ3v) is 6.08. The van der Waals surface area contributed by atoms with Crippen LogP contribution in [0.2, 0.25) is 0 Å². The molecule has 0 aliphatic carbocycles. The van der Waals surface area contributed by atoms with Crippen molar-refractivity contribution < 1.29 is 18.0 Å². The number of nitrogens with zero attached hydrogens (tertiary/aromatic N) is 2. The van der Waals surface area contributed by atoms with Gasteiger partial charge in [-0.25, -0.2) is 8.42 Å². The lowest BCUT2D eigenvalue weighted by atomic mass is 10.2. The summed E-state index contributed by atoms with van der Waals surface area (Å²) in [4.78, 5) is 27.8. The van der Waals surface area contributed by atoms with Gasteiger partial charge >= 0.3 is 11.8 Å². The number of carbonyl (C=O) groups excluding carboxylic acids is 2. The molecular weight excluding hydrogens is 292 g/mol. The van der Waals surface area contributed by atoms with Gasteiger partial charge in [0.25, 0.3) is 0 Å². The van der Waals surface area contributed by atoms with Crippen molar-refractivity contribution in [1.82, 2.24) is 9.80 Å². The van der Waals surface area contributed by atoms with Gasteiger partial charge in [0.05, 0.1) is 11.5 Å². The molecule has 6 nitrogen and oxygen atoms in total. The third kappa shape index (κ3) is 3.96. The van der Waals surface area contributed by atoms with E-state index < -0.39 is 21.7 Å². The Bertz CT molecular complexity index is 495. The highest BCUT2D eigenvalue weighted by atomic mass is 32.2. The van der Waals surface area contributed by atoms with Gasteiger partial charge in [0.15, 0.2) is 9.84 Å². The van der Waals surface area contributed by atoms with Crippen LogP contribution in [0.25, 0.3) is 0 Å². The number of likely N-dealkylation sites (N-methyl/N-ethyl adjacent to an activating group) is 1. The minimum atomic E-state index is -3.06. The van der Waals surface area contributed by atoms with E-state index in [9.17, 15) is 18.0 Å². The highest BCUT2D eigenvalue weighted by Crippen LogP contribution is 2.19. The fraction of sp³-hybridized carbons (Fsp3) is 0.857. The Kier molecular flexibility index (Phi) is 5.24. The summed E-state index contributed by atoms with van der Waals surface area (Å²) < 4.78 is 23.1. The Morgan fingerprint density at radius 3 is 2.24 bits per heavy atom. The van der Waals surface area contributed by atoms with Crippen LogP contribution in [0, 0.1) is 0 Å². The highest BCUT2D eigenvalue weighted by Gasteiger charge is 2.37. The predicted octanol–water partition coefficient (Wildman–Crippen LogP) is 0.425. The molecule has 2 aliphatic heterocycles. The Morgan fingerprint density at radius 1 is 1.14 bits per heavy atom. The fourth-order valence-corrected chi connectivity index (χ4v) is 4.85. The van der Waals surface area contributed by atoms with Crippen LogP contribution in [-0.4, -0.2) is 67.2 Å². The Balaban J connectivity index is 2.03. The minimum Gasteiger partial charge on any atom is -0.334 e. The summed E-state index contributed by atoms with van der Waals surface area (Å²) in [6.07, 6.45) is 4.49. The van der Waals surface area contributed by atoms with Crippen molar-refractivity contribution >= 4 is 21.7 Å². The first kappa shape index (κ1) is 16.3. The van der Waals surface area contributed by atoms with Crippen molar-refractivity contribution in [3.63, 3.8) is 0 Å². The molecule has 0 bridgehead atoms. The van der Waals surface area contributed by atoms with Crippen LogP contribution in [0.3, 0.4) is 0 Å².